The lowest BCUT2D eigenvalue weighted by Gasteiger charge is -2.25. The van der Waals surface area contributed by atoms with Crippen LogP contribution >= 0.6 is 0 Å². The highest BCUT2D eigenvalue weighted by atomic mass is 16.1. The molecule has 0 bridgehead atoms. The predicted molar refractivity (Wildman–Crippen MR) is 74.6 cm³/mol. The SMILES string of the molecule is CCC(C)C(NC)c1ccc2c(c1)CCC(=O)N2. The molecule has 1 aromatic carbocycles. The van der Waals surface area contributed by atoms with E-state index >= 15 is 0 Å². The Morgan fingerprint density at radius 2 is 2.17 bits per heavy atom. The highest BCUT2D eigenvalue weighted by molar-refractivity contribution is 5.93. The Balaban J connectivity index is 2.27. The summed E-state index contributed by atoms with van der Waals surface area (Å²) in [4.78, 5) is 11.3. The first-order valence-corrected chi connectivity index (χ1v) is 6.75. The molecule has 3 nitrogen and oxygen atoms in total. The second-order valence-electron chi connectivity index (χ2n) is 5.12. The van der Waals surface area contributed by atoms with Crippen LogP contribution in [0.3, 0.4) is 0 Å². The van der Waals surface area contributed by atoms with E-state index < -0.39 is 0 Å². The number of hydrogen-bond donors (Lipinski definition) is 2. The van der Waals surface area contributed by atoms with Crippen LogP contribution in [0.5, 0.6) is 0 Å². The Kier molecular flexibility index (Phi) is 4.02. The van der Waals surface area contributed by atoms with Crippen molar-refractivity contribution in [2.24, 2.45) is 5.92 Å². The second kappa shape index (κ2) is 5.53. The monoisotopic (exact) mass is 246 g/mol. The maximum atomic E-state index is 11.3. The van der Waals surface area contributed by atoms with Gasteiger partial charge in [-0.25, -0.2) is 0 Å². The molecule has 0 saturated heterocycles. The molecule has 1 aliphatic heterocycles. The Bertz CT molecular complexity index is 442. The van der Waals surface area contributed by atoms with Crippen LogP contribution in [0, 0.1) is 5.92 Å². The van der Waals surface area contributed by atoms with E-state index in [2.05, 4.69) is 36.6 Å². The van der Waals surface area contributed by atoms with Crippen molar-refractivity contribution in [3.05, 3.63) is 29.3 Å². The molecule has 1 aromatic rings. The minimum atomic E-state index is 0.127. The van der Waals surface area contributed by atoms with Gasteiger partial charge in [-0.1, -0.05) is 32.4 Å². The third-order valence-corrected chi connectivity index (χ3v) is 3.91. The summed E-state index contributed by atoms with van der Waals surface area (Å²) >= 11 is 0. The maximum Gasteiger partial charge on any atom is 0.224 e. The van der Waals surface area contributed by atoms with Crippen molar-refractivity contribution in [1.29, 1.82) is 0 Å². The van der Waals surface area contributed by atoms with Crippen LogP contribution in [0.1, 0.15) is 43.9 Å². The van der Waals surface area contributed by atoms with E-state index in [4.69, 9.17) is 0 Å². The van der Waals surface area contributed by atoms with Crippen molar-refractivity contribution in [2.75, 3.05) is 12.4 Å². The standard InChI is InChI=1S/C15H22N2O/c1-4-10(2)15(16-3)12-5-7-13-11(9-12)6-8-14(18)17-13/h5,7,9-10,15-16H,4,6,8H2,1-3H3,(H,17,18). The van der Waals surface area contributed by atoms with E-state index in [1.165, 1.54) is 11.1 Å². The Hall–Kier alpha value is -1.35. The van der Waals surface area contributed by atoms with E-state index in [1.54, 1.807) is 0 Å². The van der Waals surface area contributed by atoms with Crippen molar-refractivity contribution in [3.8, 4) is 0 Å². The molecule has 0 spiro atoms. The number of hydrogen-bond acceptors (Lipinski definition) is 2. The van der Waals surface area contributed by atoms with Crippen LogP contribution in [0.2, 0.25) is 0 Å². The number of nitrogens with one attached hydrogen (secondary N) is 2. The molecule has 18 heavy (non-hydrogen) atoms. The molecule has 1 heterocycles. The zero-order chi connectivity index (χ0) is 13.1. The van der Waals surface area contributed by atoms with Gasteiger partial charge in [0, 0.05) is 18.2 Å². The maximum absolute atomic E-state index is 11.3. The summed E-state index contributed by atoms with van der Waals surface area (Å²) in [7, 11) is 2.01. The lowest BCUT2D eigenvalue weighted by atomic mass is 9.90. The molecule has 1 aliphatic rings. The van der Waals surface area contributed by atoms with Crippen molar-refractivity contribution >= 4 is 11.6 Å². The van der Waals surface area contributed by atoms with Crippen molar-refractivity contribution in [3.63, 3.8) is 0 Å². The number of carbonyl (C=O) groups is 1. The first kappa shape index (κ1) is 13.1. The summed E-state index contributed by atoms with van der Waals surface area (Å²) in [5, 5.41) is 6.33. The summed E-state index contributed by atoms with van der Waals surface area (Å²) in [5.41, 5.74) is 3.56. The van der Waals surface area contributed by atoms with E-state index in [9.17, 15) is 4.79 Å². The average Bonchev–Trinajstić information content (AvgIpc) is 2.39. The molecule has 2 unspecified atom stereocenters. The molecule has 0 saturated carbocycles. The molecule has 2 rings (SSSR count). The zero-order valence-electron chi connectivity index (χ0n) is 11.4. The van der Waals surface area contributed by atoms with Crippen LogP contribution in [0.4, 0.5) is 5.69 Å². The summed E-state index contributed by atoms with van der Waals surface area (Å²) in [6.07, 6.45) is 2.61. The Morgan fingerprint density at radius 3 is 2.83 bits per heavy atom. The van der Waals surface area contributed by atoms with E-state index in [0.29, 0.717) is 18.4 Å². The van der Waals surface area contributed by atoms with Crippen LogP contribution in [-0.2, 0) is 11.2 Å². The molecule has 98 valence electrons. The molecule has 0 aromatic heterocycles. The third-order valence-electron chi connectivity index (χ3n) is 3.91. The van der Waals surface area contributed by atoms with Gasteiger partial charge in [0.15, 0.2) is 0 Å². The lowest BCUT2D eigenvalue weighted by Crippen LogP contribution is -2.24. The smallest absolute Gasteiger partial charge is 0.224 e. The summed E-state index contributed by atoms with van der Waals surface area (Å²) in [6.45, 7) is 4.48. The largest absolute Gasteiger partial charge is 0.326 e. The quantitative estimate of drug-likeness (QED) is 0.857. The van der Waals surface area contributed by atoms with E-state index in [0.717, 1.165) is 18.5 Å². The number of amides is 1. The van der Waals surface area contributed by atoms with Crippen molar-refractivity contribution in [2.45, 2.75) is 39.2 Å². The fourth-order valence-electron chi connectivity index (χ4n) is 2.61. The van der Waals surface area contributed by atoms with Gasteiger partial charge in [-0.15, -0.1) is 0 Å². The fourth-order valence-corrected chi connectivity index (χ4v) is 2.61. The highest BCUT2D eigenvalue weighted by Gasteiger charge is 2.19. The van der Waals surface area contributed by atoms with Gasteiger partial charge >= 0.3 is 0 Å². The van der Waals surface area contributed by atoms with Crippen LogP contribution in [-0.4, -0.2) is 13.0 Å². The Morgan fingerprint density at radius 1 is 1.39 bits per heavy atom. The van der Waals surface area contributed by atoms with Crippen molar-refractivity contribution < 1.29 is 4.79 Å². The molecule has 1 amide bonds. The number of benzene rings is 1. The lowest BCUT2D eigenvalue weighted by molar-refractivity contribution is -0.116. The van der Waals surface area contributed by atoms with Gasteiger partial charge in [0.2, 0.25) is 5.91 Å². The molecule has 0 aliphatic carbocycles. The van der Waals surface area contributed by atoms with Crippen molar-refractivity contribution in [1.82, 2.24) is 5.32 Å². The highest BCUT2D eigenvalue weighted by Crippen LogP contribution is 2.29. The van der Waals surface area contributed by atoms with E-state index in [-0.39, 0.29) is 5.91 Å². The fraction of sp³-hybridized carbons (Fsp3) is 0.533. The molecule has 0 radical (unpaired) electrons. The molecular formula is C15H22N2O. The average molecular weight is 246 g/mol. The number of anilines is 1. The van der Waals surface area contributed by atoms with Gasteiger partial charge in [0.05, 0.1) is 0 Å². The molecule has 3 heteroatoms. The van der Waals surface area contributed by atoms with E-state index in [1.807, 2.05) is 13.1 Å². The number of fused-ring (bicyclic) bond motifs is 1. The predicted octanol–water partition coefficient (Wildman–Crippen LogP) is 2.88. The molecular weight excluding hydrogens is 224 g/mol. The van der Waals surface area contributed by atoms with Gasteiger partial charge in [0.25, 0.3) is 0 Å². The zero-order valence-corrected chi connectivity index (χ0v) is 11.4. The van der Waals surface area contributed by atoms with Crippen LogP contribution < -0.4 is 10.6 Å². The molecule has 2 N–H and O–H groups in total. The first-order valence-electron chi connectivity index (χ1n) is 6.75. The Labute approximate surface area is 109 Å². The number of carbonyl (C=O) groups excluding carboxylic acids is 1. The summed E-state index contributed by atoms with van der Waals surface area (Å²) in [6, 6.07) is 6.78. The topological polar surface area (TPSA) is 41.1 Å². The van der Waals surface area contributed by atoms with Crippen LogP contribution in [0.25, 0.3) is 0 Å². The van der Waals surface area contributed by atoms with Gasteiger partial charge < -0.3 is 10.6 Å². The van der Waals surface area contributed by atoms with Crippen LogP contribution in [0.15, 0.2) is 18.2 Å². The molecule has 0 fully saturated rings. The van der Waals surface area contributed by atoms with Gasteiger partial charge in [-0.3, -0.25) is 4.79 Å². The second-order valence-corrected chi connectivity index (χ2v) is 5.12. The number of aryl methyl sites for hydroxylation is 1. The van der Waals surface area contributed by atoms with Gasteiger partial charge in [-0.05, 0) is 36.6 Å². The van der Waals surface area contributed by atoms with Gasteiger partial charge in [-0.2, -0.15) is 0 Å². The first-order chi connectivity index (χ1) is 8.65. The minimum absolute atomic E-state index is 0.127. The summed E-state index contributed by atoms with van der Waals surface area (Å²) < 4.78 is 0. The minimum Gasteiger partial charge on any atom is -0.326 e. The summed E-state index contributed by atoms with van der Waals surface area (Å²) in [5.74, 6) is 0.730. The van der Waals surface area contributed by atoms with Gasteiger partial charge in [0.1, 0.15) is 0 Å². The third kappa shape index (κ3) is 2.56. The number of rotatable bonds is 4. The normalized spacial score (nSPS) is 17.8. The molecule has 2 atom stereocenters.